The van der Waals surface area contributed by atoms with E-state index in [4.69, 9.17) is 0 Å². The van der Waals surface area contributed by atoms with E-state index in [0.717, 1.165) is 63.3 Å². The monoisotopic (exact) mass is 316 g/mol. The van der Waals surface area contributed by atoms with Crippen LogP contribution in [0.15, 0.2) is 18.5 Å². The zero-order chi connectivity index (χ0) is 16.1. The molecule has 2 aromatic rings. The average Bonchev–Trinajstić information content (AvgIpc) is 3.07. The Balaban J connectivity index is 1.54. The van der Waals surface area contributed by atoms with Crippen LogP contribution in [0.2, 0.25) is 0 Å². The van der Waals surface area contributed by atoms with Crippen molar-refractivity contribution in [2.24, 2.45) is 0 Å². The number of nitrogens with one attached hydrogen (secondary N) is 1. The van der Waals surface area contributed by atoms with Gasteiger partial charge in [0.2, 0.25) is 5.95 Å². The second-order valence-electron chi connectivity index (χ2n) is 5.72. The molecule has 2 aromatic heterocycles. The fourth-order valence-corrected chi connectivity index (χ4v) is 2.75. The van der Waals surface area contributed by atoms with Crippen molar-refractivity contribution in [3.8, 4) is 0 Å². The number of aromatic nitrogens is 5. The lowest BCUT2D eigenvalue weighted by Gasteiger charge is -2.35. The molecule has 1 aliphatic heterocycles. The molecule has 0 unspecified atom stereocenters. The van der Waals surface area contributed by atoms with Gasteiger partial charge in [-0.15, -0.1) is 5.10 Å². The number of hydrogen-bond donors (Lipinski definition) is 1. The first-order valence-corrected chi connectivity index (χ1v) is 8.15. The summed E-state index contributed by atoms with van der Waals surface area (Å²) in [5, 5.41) is 11.0. The summed E-state index contributed by atoms with van der Waals surface area (Å²) in [6, 6.07) is 2.06. The summed E-state index contributed by atoms with van der Waals surface area (Å²) in [5.41, 5.74) is 1.000. The third-order valence-corrected chi connectivity index (χ3v) is 3.99. The summed E-state index contributed by atoms with van der Waals surface area (Å²) in [7, 11) is 0. The van der Waals surface area contributed by atoms with Crippen molar-refractivity contribution in [2.45, 2.75) is 20.4 Å². The van der Waals surface area contributed by atoms with E-state index in [1.807, 2.05) is 17.8 Å². The molecule has 1 aliphatic rings. The minimum atomic E-state index is 0.719. The van der Waals surface area contributed by atoms with Gasteiger partial charge in [-0.3, -0.25) is 9.58 Å². The minimum absolute atomic E-state index is 0.719. The summed E-state index contributed by atoms with van der Waals surface area (Å²) in [6.07, 6.45) is 3.62. The predicted octanol–water partition coefficient (Wildman–Crippen LogP) is 0.631. The van der Waals surface area contributed by atoms with Gasteiger partial charge >= 0.3 is 0 Å². The van der Waals surface area contributed by atoms with Gasteiger partial charge in [0, 0.05) is 57.2 Å². The van der Waals surface area contributed by atoms with Gasteiger partial charge in [0.25, 0.3) is 0 Å². The third kappa shape index (κ3) is 4.16. The molecule has 0 amide bonds. The van der Waals surface area contributed by atoms with Gasteiger partial charge in [-0.25, -0.2) is 4.98 Å². The van der Waals surface area contributed by atoms with Crippen molar-refractivity contribution in [1.82, 2.24) is 29.9 Å². The molecule has 0 aromatic carbocycles. The van der Waals surface area contributed by atoms with Crippen LogP contribution in [-0.4, -0.2) is 69.1 Å². The zero-order valence-corrected chi connectivity index (χ0v) is 13.8. The number of nitrogens with zero attached hydrogens (tertiary/aromatic N) is 7. The van der Waals surface area contributed by atoms with E-state index < -0.39 is 0 Å². The molecule has 1 saturated heterocycles. The Hall–Kier alpha value is -2.22. The molecule has 0 spiro atoms. The number of aryl methyl sites for hydroxylation is 1. The molecule has 8 heteroatoms. The van der Waals surface area contributed by atoms with E-state index >= 15 is 0 Å². The molecule has 8 nitrogen and oxygen atoms in total. The maximum atomic E-state index is 4.62. The van der Waals surface area contributed by atoms with Crippen molar-refractivity contribution >= 4 is 11.8 Å². The summed E-state index contributed by atoms with van der Waals surface area (Å²) in [6.45, 7) is 10.8. The second-order valence-corrected chi connectivity index (χ2v) is 5.72. The lowest BCUT2D eigenvalue weighted by molar-refractivity contribution is 0.243. The van der Waals surface area contributed by atoms with Gasteiger partial charge in [-0.1, -0.05) is 5.21 Å². The third-order valence-electron chi connectivity index (χ3n) is 3.99. The minimum Gasteiger partial charge on any atom is -0.354 e. The topological polar surface area (TPSA) is 75.0 Å². The standard InChI is InChI=1S/C15H24N8/c1-3-16-15-18-13(2)12-14(19-15)22-9-6-21(7-10-22)8-11-23-5-4-17-20-23/h4-5,12H,3,6-11H2,1-2H3,(H,16,18,19). The Labute approximate surface area is 136 Å². The molecule has 1 fully saturated rings. The predicted molar refractivity (Wildman–Crippen MR) is 89.6 cm³/mol. The molecule has 3 rings (SSSR count). The van der Waals surface area contributed by atoms with Crippen LogP contribution in [0.25, 0.3) is 0 Å². The Bertz CT molecular complexity index is 604. The highest BCUT2D eigenvalue weighted by Crippen LogP contribution is 2.16. The summed E-state index contributed by atoms with van der Waals surface area (Å²) in [5.74, 6) is 1.74. The molecule has 0 atom stereocenters. The van der Waals surface area contributed by atoms with Gasteiger partial charge in [-0.2, -0.15) is 4.98 Å². The first-order chi connectivity index (χ1) is 11.2. The molecule has 3 heterocycles. The largest absolute Gasteiger partial charge is 0.354 e. The van der Waals surface area contributed by atoms with Gasteiger partial charge < -0.3 is 10.2 Å². The van der Waals surface area contributed by atoms with E-state index in [2.05, 4.69) is 48.4 Å². The quantitative estimate of drug-likeness (QED) is 0.838. The molecule has 23 heavy (non-hydrogen) atoms. The summed E-state index contributed by atoms with van der Waals surface area (Å²) in [4.78, 5) is 13.8. The summed E-state index contributed by atoms with van der Waals surface area (Å²) < 4.78 is 1.88. The van der Waals surface area contributed by atoms with Gasteiger partial charge in [0.05, 0.1) is 12.7 Å². The Kier molecular flexibility index (Phi) is 5.02. The Morgan fingerprint density at radius 3 is 2.65 bits per heavy atom. The molecule has 0 radical (unpaired) electrons. The van der Waals surface area contributed by atoms with Crippen molar-refractivity contribution in [2.75, 3.05) is 49.5 Å². The highest BCUT2D eigenvalue weighted by molar-refractivity contribution is 5.45. The normalized spacial score (nSPS) is 15.8. The first-order valence-electron chi connectivity index (χ1n) is 8.15. The molecule has 0 aliphatic carbocycles. The lowest BCUT2D eigenvalue weighted by atomic mass is 10.3. The van der Waals surface area contributed by atoms with Crippen LogP contribution in [0.3, 0.4) is 0 Å². The molecular weight excluding hydrogens is 292 g/mol. The first kappa shape index (κ1) is 15.7. The molecule has 1 N–H and O–H groups in total. The summed E-state index contributed by atoms with van der Waals surface area (Å²) >= 11 is 0. The Morgan fingerprint density at radius 2 is 1.96 bits per heavy atom. The molecule has 0 saturated carbocycles. The van der Waals surface area contributed by atoms with E-state index in [1.54, 1.807) is 6.20 Å². The maximum Gasteiger partial charge on any atom is 0.224 e. The number of rotatable bonds is 6. The van der Waals surface area contributed by atoms with Gasteiger partial charge in [0.15, 0.2) is 0 Å². The van der Waals surface area contributed by atoms with Crippen molar-refractivity contribution in [3.63, 3.8) is 0 Å². The van der Waals surface area contributed by atoms with Crippen LogP contribution in [0.4, 0.5) is 11.8 Å². The van der Waals surface area contributed by atoms with Gasteiger partial charge in [0.1, 0.15) is 5.82 Å². The van der Waals surface area contributed by atoms with E-state index in [1.165, 1.54) is 0 Å². The highest BCUT2D eigenvalue weighted by atomic mass is 15.4. The van der Waals surface area contributed by atoms with Crippen LogP contribution >= 0.6 is 0 Å². The number of piperazine rings is 1. The van der Waals surface area contributed by atoms with Crippen LogP contribution in [0.1, 0.15) is 12.6 Å². The van der Waals surface area contributed by atoms with Crippen molar-refractivity contribution in [3.05, 3.63) is 24.2 Å². The van der Waals surface area contributed by atoms with Crippen molar-refractivity contribution in [1.29, 1.82) is 0 Å². The van der Waals surface area contributed by atoms with Crippen LogP contribution in [0, 0.1) is 6.92 Å². The molecule has 124 valence electrons. The molecular formula is C15H24N8. The maximum absolute atomic E-state index is 4.62. The van der Waals surface area contributed by atoms with Crippen LogP contribution < -0.4 is 10.2 Å². The van der Waals surface area contributed by atoms with E-state index in [0.29, 0.717) is 0 Å². The SMILES string of the molecule is CCNc1nc(C)cc(N2CCN(CCn3ccnn3)CC2)n1. The fourth-order valence-electron chi connectivity index (χ4n) is 2.75. The van der Waals surface area contributed by atoms with Crippen LogP contribution in [0.5, 0.6) is 0 Å². The highest BCUT2D eigenvalue weighted by Gasteiger charge is 2.18. The van der Waals surface area contributed by atoms with E-state index in [9.17, 15) is 0 Å². The second kappa shape index (κ2) is 7.36. The smallest absolute Gasteiger partial charge is 0.224 e. The average molecular weight is 316 g/mol. The zero-order valence-electron chi connectivity index (χ0n) is 13.8. The Morgan fingerprint density at radius 1 is 1.13 bits per heavy atom. The number of hydrogen-bond acceptors (Lipinski definition) is 7. The van der Waals surface area contributed by atoms with E-state index in [-0.39, 0.29) is 0 Å². The fraction of sp³-hybridized carbons (Fsp3) is 0.600. The van der Waals surface area contributed by atoms with Gasteiger partial charge in [-0.05, 0) is 13.8 Å². The lowest BCUT2D eigenvalue weighted by Crippen LogP contribution is -2.47. The van der Waals surface area contributed by atoms with Crippen LogP contribution in [-0.2, 0) is 6.54 Å². The molecule has 0 bridgehead atoms. The number of anilines is 2. The van der Waals surface area contributed by atoms with Crippen molar-refractivity contribution < 1.29 is 0 Å².